The van der Waals surface area contributed by atoms with Crippen LogP contribution in [0, 0.1) is 0 Å². The number of nitrogens with one attached hydrogen (secondary N) is 1. The molecule has 1 aromatic rings. The van der Waals surface area contributed by atoms with Gasteiger partial charge in [0.15, 0.2) is 0 Å². The Bertz CT molecular complexity index is 215. The summed E-state index contributed by atoms with van der Waals surface area (Å²) in [7, 11) is 0. The van der Waals surface area contributed by atoms with Crippen LogP contribution < -0.4 is 4.72 Å². The van der Waals surface area contributed by atoms with Crippen LogP contribution in [0.15, 0.2) is 18.5 Å². The SMILES string of the molecule is CCCCCSNc1ncccn1. The molecule has 1 rings (SSSR count). The van der Waals surface area contributed by atoms with Gasteiger partial charge < -0.3 is 0 Å². The van der Waals surface area contributed by atoms with Crippen LogP contribution in [0.5, 0.6) is 0 Å². The normalized spacial score (nSPS) is 9.92. The minimum atomic E-state index is 0.698. The van der Waals surface area contributed by atoms with Crippen LogP contribution in [-0.4, -0.2) is 15.7 Å². The molecule has 72 valence electrons. The number of hydrogen-bond acceptors (Lipinski definition) is 4. The smallest absolute Gasteiger partial charge is 0.232 e. The summed E-state index contributed by atoms with van der Waals surface area (Å²) in [4.78, 5) is 8.11. The Kier molecular flexibility index (Phi) is 5.33. The monoisotopic (exact) mass is 197 g/mol. The number of hydrogen-bond donors (Lipinski definition) is 1. The second kappa shape index (κ2) is 6.71. The average molecular weight is 197 g/mol. The predicted octanol–water partition coefficient (Wildman–Crippen LogP) is 2.73. The molecule has 0 aromatic carbocycles. The first-order valence-electron chi connectivity index (χ1n) is 4.58. The van der Waals surface area contributed by atoms with Crippen LogP contribution in [0.2, 0.25) is 0 Å². The van der Waals surface area contributed by atoms with Gasteiger partial charge in [0.25, 0.3) is 0 Å². The van der Waals surface area contributed by atoms with Crippen molar-refractivity contribution in [2.75, 3.05) is 10.5 Å². The molecular weight excluding hydrogens is 182 g/mol. The van der Waals surface area contributed by atoms with Crippen molar-refractivity contribution in [3.05, 3.63) is 18.5 Å². The van der Waals surface area contributed by atoms with Crippen molar-refractivity contribution in [2.24, 2.45) is 0 Å². The lowest BCUT2D eigenvalue weighted by Gasteiger charge is -2.01. The van der Waals surface area contributed by atoms with Gasteiger partial charge in [0.2, 0.25) is 5.95 Å². The van der Waals surface area contributed by atoms with Crippen LogP contribution in [-0.2, 0) is 0 Å². The highest BCUT2D eigenvalue weighted by atomic mass is 32.2. The van der Waals surface area contributed by atoms with Crippen molar-refractivity contribution in [2.45, 2.75) is 26.2 Å². The van der Waals surface area contributed by atoms with E-state index in [4.69, 9.17) is 0 Å². The van der Waals surface area contributed by atoms with Gasteiger partial charge in [0.1, 0.15) is 0 Å². The first-order chi connectivity index (χ1) is 6.43. The maximum atomic E-state index is 4.05. The molecule has 0 saturated carbocycles. The summed E-state index contributed by atoms with van der Waals surface area (Å²) in [6.45, 7) is 2.21. The Hall–Kier alpha value is -0.770. The molecule has 0 aliphatic carbocycles. The van der Waals surface area contributed by atoms with Crippen molar-refractivity contribution in [3.63, 3.8) is 0 Å². The van der Waals surface area contributed by atoms with E-state index in [0.717, 1.165) is 5.75 Å². The van der Waals surface area contributed by atoms with Crippen LogP contribution in [0.25, 0.3) is 0 Å². The molecular formula is C9H15N3S. The standard InChI is InChI=1S/C9H15N3S/c1-2-3-4-8-13-12-9-10-6-5-7-11-9/h5-7H,2-4,8H2,1H3,(H,10,11,12). The van der Waals surface area contributed by atoms with Gasteiger partial charge in [-0.1, -0.05) is 31.7 Å². The largest absolute Gasteiger partial charge is 0.298 e. The van der Waals surface area contributed by atoms with E-state index in [-0.39, 0.29) is 0 Å². The Morgan fingerprint density at radius 1 is 1.31 bits per heavy atom. The van der Waals surface area contributed by atoms with E-state index >= 15 is 0 Å². The minimum absolute atomic E-state index is 0.698. The number of unbranched alkanes of at least 4 members (excludes halogenated alkanes) is 2. The molecule has 0 aliphatic rings. The van der Waals surface area contributed by atoms with E-state index in [1.165, 1.54) is 19.3 Å². The third-order valence-corrected chi connectivity index (χ3v) is 2.40. The van der Waals surface area contributed by atoms with Gasteiger partial charge in [-0.05, 0) is 12.5 Å². The van der Waals surface area contributed by atoms with Crippen molar-refractivity contribution in [3.8, 4) is 0 Å². The first kappa shape index (κ1) is 10.3. The molecule has 1 heterocycles. The lowest BCUT2D eigenvalue weighted by molar-refractivity contribution is 0.779. The molecule has 0 saturated heterocycles. The average Bonchev–Trinajstić information content (AvgIpc) is 2.19. The molecule has 0 unspecified atom stereocenters. The Balaban J connectivity index is 2.07. The molecule has 0 radical (unpaired) electrons. The van der Waals surface area contributed by atoms with Crippen LogP contribution in [0.1, 0.15) is 26.2 Å². The number of rotatable bonds is 6. The predicted molar refractivity (Wildman–Crippen MR) is 57.6 cm³/mol. The topological polar surface area (TPSA) is 37.8 Å². The summed E-state index contributed by atoms with van der Waals surface area (Å²) in [5, 5.41) is 0. The van der Waals surface area contributed by atoms with Crippen molar-refractivity contribution >= 4 is 17.9 Å². The molecule has 0 aliphatic heterocycles. The molecule has 0 atom stereocenters. The van der Waals surface area contributed by atoms with Gasteiger partial charge in [-0.15, -0.1) is 0 Å². The molecule has 3 nitrogen and oxygen atoms in total. The summed E-state index contributed by atoms with van der Waals surface area (Å²) >= 11 is 1.67. The van der Waals surface area contributed by atoms with Crippen molar-refractivity contribution in [1.82, 2.24) is 9.97 Å². The quantitative estimate of drug-likeness (QED) is 0.562. The van der Waals surface area contributed by atoms with Gasteiger partial charge in [0.05, 0.1) is 0 Å². The highest BCUT2D eigenvalue weighted by molar-refractivity contribution is 8.00. The van der Waals surface area contributed by atoms with Gasteiger partial charge in [-0.3, -0.25) is 4.72 Å². The minimum Gasteiger partial charge on any atom is -0.298 e. The molecule has 0 spiro atoms. The van der Waals surface area contributed by atoms with Crippen LogP contribution >= 0.6 is 11.9 Å². The van der Waals surface area contributed by atoms with E-state index in [1.807, 2.05) is 6.07 Å². The highest BCUT2D eigenvalue weighted by Gasteiger charge is 1.92. The van der Waals surface area contributed by atoms with Gasteiger partial charge in [-0.25, -0.2) is 9.97 Å². The number of anilines is 1. The summed E-state index contributed by atoms with van der Waals surface area (Å²) in [6, 6.07) is 1.81. The lowest BCUT2D eigenvalue weighted by Crippen LogP contribution is -1.94. The Labute approximate surface area is 83.5 Å². The fourth-order valence-corrected chi connectivity index (χ4v) is 1.58. The summed E-state index contributed by atoms with van der Waals surface area (Å²) in [5.74, 6) is 1.82. The second-order valence-corrected chi connectivity index (χ2v) is 3.63. The molecule has 1 aromatic heterocycles. The van der Waals surface area contributed by atoms with E-state index in [2.05, 4.69) is 21.6 Å². The second-order valence-electron chi connectivity index (χ2n) is 2.73. The lowest BCUT2D eigenvalue weighted by atomic mass is 10.3. The molecule has 4 heteroatoms. The van der Waals surface area contributed by atoms with Crippen molar-refractivity contribution < 1.29 is 0 Å². The van der Waals surface area contributed by atoms with E-state index in [9.17, 15) is 0 Å². The van der Waals surface area contributed by atoms with E-state index < -0.39 is 0 Å². The third kappa shape index (κ3) is 4.72. The fourth-order valence-electron chi connectivity index (χ4n) is 0.892. The van der Waals surface area contributed by atoms with E-state index in [0.29, 0.717) is 5.95 Å². The maximum Gasteiger partial charge on any atom is 0.232 e. The zero-order valence-electron chi connectivity index (χ0n) is 7.86. The number of aromatic nitrogens is 2. The molecule has 0 fully saturated rings. The van der Waals surface area contributed by atoms with Gasteiger partial charge in [-0.2, -0.15) is 0 Å². The molecule has 0 bridgehead atoms. The Morgan fingerprint density at radius 2 is 2.08 bits per heavy atom. The van der Waals surface area contributed by atoms with E-state index in [1.54, 1.807) is 24.3 Å². The molecule has 0 amide bonds. The number of nitrogens with zero attached hydrogens (tertiary/aromatic N) is 2. The zero-order valence-corrected chi connectivity index (χ0v) is 8.68. The summed E-state index contributed by atoms with van der Waals surface area (Å²) < 4.78 is 3.10. The first-order valence-corrected chi connectivity index (χ1v) is 5.57. The maximum absolute atomic E-state index is 4.05. The zero-order chi connectivity index (χ0) is 9.36. The molecule has 13 heavy (non-hydrogen) atoms. The highest BCUT2D eigenvalue weighted by Crippen LogP contribution is 2.08. The summed E-state index contributed by atoms with van der Waals surface area (Å²) in [5.41, 5.74) is 0. The Morgan fingerprint density at radius 3 is 2.77 bits per heavy atom. The third-order valence-electron chi connectivity index (χ3n) is 1.58. The van der Waals surface area contributed by atoms with Crippen LogP contribution in [0.4, 0.5) is 5.95 Å². The molecule has 1 N–H and O–H groups in total. The van der Waals surface area contributed by atoms with Gasteiger partial charge in [0, 0.05) is 18.1 Å². The fraction of sp³-hybridized carbons (Fsp3) is 0.556. The van der Waals surface area contributed by atoms with Crippen molar-refractivity contribution in [1.29, 1.82) is 0 Å². The van der Waals surface area contributed by atoms with Crippen LogP contribution in [0.3, 0.4) is 0 Å². The summed E-state index contributed by atoms with van der Waals surface area (Å²) in [6.07, 6.45) is 7.29. The van der Waals surface area contributed by atoms with Gasteiger partial charge >= 0.3 is 0 Å².